The molecule has 0 saturated carbocycles. The van der Waals surface area contributed by atoms with Crippen LogP contribution in [-0.2, 0) is 14.4 Å². The third kappa shape index (κ3) is 6.45. The van der Waals surface area contributed by atoms with Crippen molar-refractivity contribution >= 4 is 34.9 Å². The molecule has 196 valence electrons. The van der Waals surface area contributed by atoms with Gasteiger partial charge >= 0.3 is 0 Å². The highest BCUT2D eigenvalue weighted by Gasteiger charge is 2.35. The number of anilines is 2. The molecule has 2 fully saturated rings. The number of ether oxygens (including phenoxy) is 1. The van der Waals surface area contributed by atoms with Crippen LogP contribution in [0.15, 0.2) is 48.5 Å². The molecule has 3 amide bonds. The number of rotatable bonds is 8. The van der Waals surface area contributed by atoms with Crippen molar-refractivity contribution in [3.8, 4) is 5.75 Å². The van der Waals surface area contributed by atoms with Crippen LogP contribution < -0.4 is 20.3 Å². The first-order valence-corrected chi connectivity index (χ1v) is 12.4. The van der Waals surface area contributed by atoms with Gasteiger partial charge in [-0.1, -0.05) is 12.1 Å². The second kappa shape index (κ2) is 11.9. The van der Waals surface area contributed by atoms with Crippen LogP contribution in [-0.4, -0.2) is 92.3 Å². The first kappa shape index (κ1) is 26.2. The molecule has 1 unspecified atom stereocenters. The molecule has 10 nitrogen and oxygen atoms in total. The molecule has 2 aromatic rings. The summed E-state index contributed by atoms with van der Waals surface area (Å²) in [5.74, 6) is -0.109. The Bertz CT molecular complexity index is 1140. The Labute approximate surface area is 216 Å². The van der Waals surface area contributed by atoms with Gasteiger partial charge in [-0.25, -0.2) is 0 Å². The molecule has 2 heterocycles. The Morgan fingerprint density at radius 1 is 1.00 bits per heavy atom. The molecule has 2 aromatic carbocycles. The van der Waals surface area contributed by atoms with Crippen molar-refractivity contribution in [2.24, 2.45) is 0 Å². The number of hydrogen-bond donors (Lipinski definition) is 2. The van der Waals surface area contributed by atoms with Gasteiger partial charge in [-0.2, -0.15) is 0 Å². The largest absolute Gasteiger partial charge is 0.495 e. The summed E-state index contributed by atoms with van der Waals surface area (Å²) in [7, 11) is 1.66. The average molecular weight is 508 g/mol. The monoisotopic (exact) mass is 507 g/mol. The minimum Gasteiger partial charge on any atom is -0.495 e. The Morgan fingerprint density at radius 3 is 2.38 bits per heavy atom. The third-order valence-corrected chi connectivity index (χ3v) is 6.76. The highest BCUT2D eigenvalue weighted by molar-refractivity contribution is 5.98. The van der Waals surface area contributed by atoms with Crippen molar-refractivity contribution in [1.29, 1.82) is 0 Å². The number of nitrogens with zero attached hydrogens (tertiary/aromatic N) is 3. The molecule has 2 N–H and O–H groups in total. The first-order valence-electron chi connectivity index (χ1n) is 12.4. The van der Waals surface area contributed by atoms with Gasteiger partial charge in [-0.05, 0) is 43.3 Å². The van der Waals surface area contributed by atoms with E-state index in [0.717, 1.165) is 24.5 Å². The van der Waals surface area contributed by atoms with E-state index >= 15 is 0 Å². The van der Waals surface area contributed by atoms with Crippen LogP contribution in [0.4, 0.5) is 11.4 Å². The molecule has 2 saturated heterocycles. The van der Waals surface area contributed by atoms with Crippen LogP contribution >= 0.6 is 0 Å². The van der Waals surface area contributed by atoms with E-state index in [-0.39, 0.29) is 36.5 Å². The van der Waals surface area contributed by atoms with Gasteiger partial charge in [0, 0.05) is 50.5 Å². The summed E-state index contributed by atoms with van der Waals surface area (Å²) in [6.45, 7) is 5.29. The molecule has 0 aromatic heterocycles. The van der Waals surface area contributed by atoms with Gasteiger partial charge in [0.15, 0.2) is 5.78 Å². The van der Waals surface area contributed by atoms with Gasteiger partial charge < -0.3 is 25.2 Å². The molecular weight excluding hydrogens is 474 g/mol. The van der Waals surface area contributed by atoms with Crippen LogP contribution in [0.3, 0.4) is 0 Å². The van der Waals surface area contributed by atoms with E-state index in [1.54, 1.807) is 31.4 Å². The summed E-state index contributed by atoms with van der Waals surface area (Å²) in [5, 5.41) is 5.51. The van der Waals surface area contributed by atoms with Crippen LogP contribution in [0.1, 0.15) is 23.7 Å². The van der Waals surface area contributed by atoms with E-state index in [0.29, 0.717) is 37.4 Å². The molecule has 2 aliphatic rings. The number of carbonyl (C=O) groups excluding carboxylic acids is 4. The van der Waals surface area contributed by atoms with Crippen LogP contribution in [0.25, 0.3) is 0 Å². The van der Waals surface area contributed by atoms with Gasteiger partial charge in [0.05, 0.1) is 25.8 Å². The fourth-order valence-corrected chi connectivity index (χ4v) is 4.71. The van der Waals surface area contributed by atoms with E-state index in [1.807, 2.05) is 24.3 Å². The normalized spacial score (nSPS) is 18.2. The van der Waals surface area contributed by atoms with E-state index in [1.165, 1.54) is 11.8 Å². The molecule has 0 spiro atoms. The van der Waals surface area contributed by atoms with E-state index in [2.05, 4.69) is 20.4 Å². The van der Waals surface area contributed by atoms with Crippen molar-refractivity contribution in [3.05, 3.63) is 54.1 Å². The number of para-hydroxylation sites is 2. The number of benzene rings is 2. The van der Waals surface area contributed by atoms with Crippen molar-refractivity contribution in [2.45, 2.75) is 19.4 Å². The number of hydrogen-bond acceptors (Lipinski definition) is 7. The summed E-state index contributed by atoms with van der Waals surface area (Å²) in [5.41, 5.74) is 2.10. The predicted molar refractivity (Wildman–Crippen MR) is 140 cm³/mol. The summed E-state index contributed by atoms with van der Waals surface area (Å²) in [6, 6.07) is 13.6. The molecule has 10 heteroatoms. The van der Waals surface area contributed by atoms with Gasteiger partial charge in [-0.3, -0.25) is 24.1 Å². The smallest absolute Gasteiger partial charge is 0.243 e. The average Bonchev–Trinajstić information content (AvgIpc) is 2.90. The number of piperazine rings is 2. The van der Waals surface area contributed by atoms with Gasteiger partial charge in [0.25, 0.3) is 0 Å². The number of nitrogens with one attached hydrogen (secondary N) is 2. The maximum Gasteiger partial charge on any atom is 0.243 e. The number of ketones is 1. The summed E-state index contributed by atoms with van der Waals surface area (Å²) < 4.78 is 5.47. The van der Waals surface area contributed by atoms with Crippen LogP contribution in [0.5, 0.6) is 5.75 Å². The summed E-state index contributed by atoms with van der Waals surface area (Å²) >= 11 is 0. The zero-order valence-corrected chi connectivity index (χ0v) is 21.2. The van der Waals surface area contributed by atoms with Crippen LogP contribution in [0, 0.1) is 0 Å². The molecule has 2 aliphatic heterocycles. The minimum absolute atomic E-state index is 0.0629. The molecule has 37 heavy (non-hydrogen) atoms. The Hall–Kier alpha value is -3.92. The Kier molecular flexibility index (Phi) is 8.39. The Balaban J connectivity index is 1.32. The minimum atomic E-state index is -0.868. The van der Waals surface area contributed by atoms with Crippen molar-refractivity contribution in [3.63, 3.8) is 0 Å². The van der Waals surface area contributed by atoms with Crippen molar-refractivity contribution in [2.75, 3.05) is 63.1 Å². The zero-order chi connectivity index (χ0) is 26.4. The molecule has 0 radical (unpaired) electrons. The number of Topliss-reactive ketones (excluding diaryl/α,β-unsaturated/α-hetero) is 1. The quantitative estimate of drug-likeness (QED) is 0.519. The highest BCUT2D eigenvalue weighted by atomic mass is 16.5. The zero-order valence-electron chi connectivity index (χ0n) is 21.2. The number of methoxy groups -OCH3 is 1. The SMILES string of the molecule is COc1ccccc1N1CCN(CC(=O)N2CCNC(=O)C2CC(=O)Nc2ccc(C(C)=O)cc2)CC1. The van der Waals surface area contributed by atoms with Crippen molar-refractivity contribution in [1.82, 2.24) is 15.1 Å². The molecule has 1 atom stereocenters. The maximum atomic E-state index is 13.2. The van der Waals surface area contributed by atoms with Crippen molar-refractivity contribution < 1.29 is 23.9 Å². The van der Waals surface area contributed by atoms with Gasteiger partial charge in [0.2, 0.25) is 17.7 Å². The topological polar surface area (TPSA) is 111 Å². The second-order valence-corrected chi connectivity index (χ2v) is 9.21. The standard InChI is InChI=1S/C27H33N5O5/c1-19(33)20-7-9-21(10-8-20)29-25(34)17-23-27(36)28-11-12-32(23)26(35)18-30-13-15-31(16-14-30)22-5-3-4-6-24(22)37-2/h3-10,23H,11-18H2,1-2H3,(H,28,36)(H,29,34). The van der Waals surface area contributed by atoms with E-state index in [4.69, 9.17) is 4.74 Å². The third-order valence-electron chi connectivity index (χ3n) is 6.76. The molecule has 0 aliphatic carbocycles. The Morgan fingerprint density at radius 2 is 1.70 bits per heavy atom. The lowest BCUT2D eigenvalue weighted by atomic mass is 10.1. The lowest BCUT2D eigenvalue weighted by molar-refractivity contribution is -0.145. The second-order valence-electron chi connectivity index (χ2n) is 9.21. The fraction of sp³-hybridized carbons (Fsp3) is 0.407. The van der Waals surface area contributed by atoms with Gasteiger partial charge in [0.1, 0.15) is 11.8 Å². The van der Waals surface area contributed by atoms with Crippen LogP contribution in [0.2, 0.25) is 0 Å². The molecule has 0 bridgehead atoms. The number of carbonyl (C=O) groups is 4. The first-order chi connectivity index (χ1) is 17.9. The van der Waals surface area contributed by atoms with E-state index in [9.17, 15) is 19.2 Å². The lowest BCUT2D eigenvalue weighted by Gasteiger charge is -2.39. The van der Waals surface area contributed by atoms with Gasteiger partial charge in [-0.15, -0.1) is 0 Å². The maximum absolute atomic E-state index is 13.2. The molecule has 4 rings (SSSR count). The predicted octanol–water partition coefficient (Wildman–Crippen LogP) is 1.38. The number of amides is 3. The highest BCUT2D eigenvalue weighted by Crippen LogP contribution is 2.28. The molecular formula is C27H33N5O5. The summed E-state index contributed by atoms with van der Waals surface area (Å²) in [6.07, 6.45) is -0.145. The van der Waals surface area contributed by atoms with E-state index < -0.39 is 6.04 Å². The lowest BCUT2D eigenvalue weighted by Crippen LogP contribution is -2.60. The fourth-order valence-electron chi connectivity index (χ4n) is 4.71. The summed E-state index contributed by atoms with van der Waals surface area (Å²) in [4.78, 5) is 55.8.